The third-order valence-corrected chi connectivity index (χ3v) is 5.25. The normalized spacial score (nSPS) is 27.2. The quantitative estimate of drug-likeness (QED) is 0.795. The molecule has 1 aliphatic heterocycles. The van der Waals surface area contributed by atoms with Crippen molar-refractivity contribution in [3.8, 4) is 0 Å². The molecule has 2 N–H and O–H groups in total. The molecule has 6 nitrogen and oxygen atoms in total. The number of nitrogens with two attached hydrogens (primary N) is 1. The molecule has 2 heterocycles. The van der Waals surface area contributed by atoms with E-state index in [0.717, 1.165) is 0 Å². The van der Waals surface area contributed by atoms with Gasteiger partial charge in [0.25, 0.3) is 10.0 Å². The van der Waals surface area contributed by atoms with Crippen LogP contribution in [0.3, 0.4) is 0 Å². The summed E-state index contributed by atoms with van der Waals surface area (Å²) in [6.45, 7) is 2.95. The van der Waals surface area contributed by atoms with Gasteiger partial charge in [-0.15, -0.1) is 0 Å². The molecule has 2 rings (SSSR count). The summed E-state index contributed by atoms with van der Waals surface area (Å²) in [4.78, 5) is 0. The van der Waals surface area contributed by atoms with E-state index in [-0.39, 0.29) is 17.0 Å². The highest BCUT2D eigenvalue weighted by molar-refractivity contribution is 7.89. The van der Waals surface area contributed by atoms with E-state index in [2.05, 4.69) is 5.10 Å². The summed E-state index contributed by atoms with van der Waals surface area (Å²) in [5.41, 5.74) is 5.89. The minimum atomic E-state index is -3.43. The zero-order valence-corrected chi connectivity index (χ0v) is 10.9. The van der Waals surface area contributed by atoms with Crippen LogP contribution in [0.2, 0.25) is 0 Å². The Morgan fingerprint density at radius 1 is 1.53 bits per heavy atom. The van der Waals surface area contributed by atoms with Crippen molar-refractivity contribution < 1.29 is 8.42 Å². The molecule has 0 radical (unpaired) electrons. The Morgan fingerprint density at radius 3 is 2.76 bits per heavy atom. The number of piperidine rings is 1. The van der Waals surface area contributed by atoms with E-state index in [9.17, 15) is 8.42 Å². The van der Waals surface area contributed by atoms with Crippen LogP contribution in [0.15, 0.2) is 17.3 Å². The van der Waals surface area contributed by atoms with Crippen molar-refractivity contribution in [3.05, 3.63) is 12.3 Å². The molecule has 0 aliphatic carbocycles. The lowest BCUT2D eigenvalue weighted by atomic mass is 9.96. The lowest BCUT2D eigenvalue weighted by Crippen LogP contribution is -2.48. The molecule has 2 atom stereocenters. The van der Waals surface area contributed by atoms with Crippen molar-refractivity contribution >= 4 is 10.0 Å². The first kappa shape index (κ1) is 12.5. The highest BCUT2D eigenvalue weighted by Crippen LogP contribution is 2.22. The number of nitrogens with zero attached hydrogens (tertiary/aromatic N) is 3. The fraction of sp³-hybridized carbons (Fsp3) is 0.700. The summed E-state index contributed by atoms with van der Waals surface area (Å²) in [7, 11) is -1.80. The Hall–Kier alpha value is -0.920. The second-order valence-corrected chi connectivity index (χ2v) is 6.47. The van der Waals surface area contributed by atoms with E-state index in [0.29, 0.717) is 19.5 Å². The molecule has 1 fully saturated rings. The fourth-order valence-electron chi connectivity index (χ4n) is 2.09. The highest BCUT2D eigenvalue weighted by Gasteiger charge is 2.33. The molecule has 17 heavy (non-hydrogen) atoms. The van der Waals surface area contributed by atoms with Crippen molar-refractivity contribution in [3.63, 3.8) is 0 Å². The summed E-state index contributed by atoms with van der Waals surface area (Å²) < 4.78 is 27.6. The van der Waals surface area contributed by atoms with Gasteiger partial charge in [-0.1, -0.05) is 6.92 Å². The average molecular weight is 258 g/mol. The van der Waals surface area contributed by atoms with Gasteiger partial charge in [0.1, 0.15) is 0 Å². The Morgan fingerprint density at radius 2 is 2.24 bits per heavy atom. The molecule has 1 aromatic heterocycles. The second-order valence-electron chi connectivity index (χ2n) is 4.59. The maximum atomic E-state index is 12.3. The predicted octanol–water partition coefficient (Wildman–Crippen LogP) is -0.222. The lowest BCUT2D eigenvalue weighted by Gasteiger charge is -2.33. The van der Waals surface area contributed by atoms with E-state index in [1.54, 1.807) is 7.05 Å². The van der Waals surface area contributed by atoms with Crippen LogP contribution in [0.25, 0.3) is 0 Å². The molecule has 0 aromatic carbocycles. The summed E-state index contributed by atoms with van der Waals surface area (Å²) in [5.74, 6) is 0.187. The molecule has 0 bridgehead atoms. The molecule has 0 saturated carbocycles. The number of hydrogen-bond acceptors (Lipinski definition) is 4. The average Bonchev–Trinajstić information content (AvgIpc) is 2.69. The van der Waals surface area contributed by atoms with Gasteiger partial charge in [0.15, 0.2) is 5.03 Å². The number of aromatic nitrogens is 2. The zero-order valence-electron chi connectivity index (χ0n) is 10.1. The van der Waals surface area contributed by atoms with Crippen LogP contribution in [0.5, 0.6) is 0 Å². The number of aryl methyl sites for hydroxylation is 1. The van der Waals surface area contributed by atoms with Crippen LogP contribution in [0.1, 0.15) is 13.3 Å². The van der Waals surface area contributed by atoms with Gasteiger partial charge < -0.3 is 5.73 Å². The van der Waals surface area contributed by atoms with E-state index in [1.807, 2.05) is 6.92 Å². The van der Waals surface area contributed by atoms with Crippen molar-refractivity contribution in [1.82, 2.24) is 14.1 Å². The van der Waals surface area contributed by atoms with Gasteiger partial charge in [0.05, 0.1) is 6.20 Å². The largest absolute Gasteiger partial charge is 0.327 e. The van der Waals surface area contributed by atoms with Crippen molar-refractivity contribution in [1.29, 1.82) is 0 Å². The third kappa shape index (κ3) is 2.22. The zero-order chi connectivity index (χ0) is 12.6. The van der Waals surface area contributed by atoms with Crippen LogP contribution in [-0.4, -0.2) is 41.6 Å². The second kappa shape index (κ2) is 4.40. The molecule has 7 heteroatoms. The SMILES string of the molecule is CC1CN(S(=O)(=O)c2ccnn2C)CCC1N. The fourth-order valence-corrected chi connectivity index (χ4v) is 3.75. The summed E-state index contributed by atoms with van der Waals surface area (Å²) in [5, 5.41) is 4.13. The molecule has 1 saturated heterocycles. The first-order chi connectivity index (χ1) is 7.93. The molecule has 2 unspecified atom stereocenters. The van der Waals surface area contributed by atoms with Gasteiger partial charge in [-0.3, -0.25) is 4.68 Å². The highest BCUT2D eigenvalue weighted by atomic mass is 32.2. The van der Waals surface area contributed by atoms with E-state index < -0.39 is 10.0 Å². The smallest absolute Gasteiger partial charge is 0.260 e. The molecular weight excluding hydrogens is 240 g/mol. The van der Waals surface area contributed by atoms with Crippen molar-refractivity contribution in [2.75, 3.05) is 13.1 Å². The number of rotatable bonds is 2. The van der Waals surface area contributed by atoms with Crippen molar-refractivity contribution in [2.24, 2.45) is 18.7 Å². The Labute approximate surface area is 101 Å². The minimum Gasteiger partial charge on any atom is -0.327 e. The first-order valence-electron chi connectivity index (χ1n) is 5.66. The number of sulfonamides is 1. The maximum Gasteiger partial charge on any atom is 0.260 e. The monoisotopic (exact) mass is 258 g/mol. The molecule has 96 valence electrons. The van der Waals surface area contributed by atoms with Gasteiger partial charge in [-0.2, -0.15) is 9.40 Å². The third-order valence-electron chi connectivity index (χ3n) is 3.31. The van der Waals surface area contributed by atoms with Crippen LogP contribution in [-0.2, 0) is 17.1 Å². The lowest BCUT2D eigenvalue weighted by molar-refractivity contribution is 0.249. The van der Waals surface area contributed by atoms with E-state index >= 15 is 0 Å². The van der Waals surface area contributed by atoms with Gasteiger partial charge in [0.2, 0.25) is 0 Å². The first-order valence-corrected chi connectivity index (χ1v) is 7.10. The predicted molar refractivity (Wildman–Crippen MR) is 63.7 cm³/mol. The van der Waals surface area contributed by atoms with Crippen LogP contribution in [0.4, 0.5) is 0 Å². The van der Waals surface area contributed by atoms with E-state index in [4.69, 9.17) is 5.73 Å². The molecule has 0 spiro atoms. The molecule has 1 aliphatic rings. The summed E-state index contributed by atoms with van der Waals surface area (Å²) in [6, 6.07) is 1.61. The van der Waals surface area contributed by atoms with Crippen LogP contribution < -0.4 is 5.73 Å². The summed E-state index contributed by atoms with van der Waals surface area (Å²) >= 11 is 0. The number of hydrogen-bond donors (Lipinski definition) is 1. The van der Waals surface area contributed by atoms with Crippen LogP contribution >= 0.6 is 0 Å². The molecular formula is C10H18N4O2S. The van der Waals surface area contributed by atoms with Gasteiger partial charge in [-0.05, 0) is 18.4 Å². The van der Waals surface area contributed by atoms with Gasteiger partial charge in [-0.25, -0.2) is 8.42 Å². The molecule has 1 aromatic rings. The van der Waals surface area contributed by atoms with Crippen LogP contribution in [0, 0.1) is 5.92 Å². The Balaban J connectivity index is 2.26. The van der Waals surface area contributed by atoms with Gasteiger partial charge in [0, 0.05) is 26.2 Å². The standard InChI is InChI=1S/C10H18N4O2S/c1-8-7-14(6-4-9(8)11)17(15,16)10-3-5-12-13(10)2/h3,5,8-9H,4,6-7,11H2,1-2H3. The Kier molecular flexibility index (Phi) is 3.24. The van der Waals surface area contributed by atoms with Crippen molar-refractivity contribution in [2.45, 2.75) is 24.4 Å². The van der Waals surface area contributed by atoms with E-state index in [1.165, 1.54) is 21.3 Å². The van der Waals surface area contributed by atoms with Gasteiger partial charge >= 0.3 is 0 Å². The Bertz CT molecular complexity index is 496. The summed E-state index contributed by atoms with van der Waals surface area (Å²) in [6.07, 6.45) is 2.20. The molecule has 0 amide bonds. The maximum absolute atomic E-state index is 12.3. The topological polar surface area (TPSA) is 81.2 Å². The minimum absolute atomic E-state index is 0.0907.